The highest BCUT2D eigenvalue weighted by Gasteiger charge is 2.50. The molecule has 2 aromatic rings. The number of ether oxygens (including phenoxy) is 2. The molecule has 7 atom stereocenters. The van der Waals surface area contributed by atoms with Gasteiger partial charge >= 0.3 is 0 Å². The lowest BCUT2D eigenvalue weighted by atomic mass is 9.81. The molecule has 0 spiro atoms. The van der Waals surface area contributed by atoms with Gasteiger partial charge in [0.15, 0.2) is 0 Å². The van der Waals surface area contributed by atoms with E-state index in [1.54, 1.807) is 7.11 Å². The molecule has 0 bridgehead atoms. The van der Waals surface area contributed by atoms with Gasteiger partial charge in [0.2, 0.25) is 0 Å². The van der Waals surface area contributed by atoms with Crippen molar-refractivity contribution in [2.75, 3.05) is 27.1 Å². The van der Waals surface area contributed by atoms with Crippen molar-refractivity contribution in [3.8, 4) is 0 Å². The molecule has 0 saturated carbocycles. The first-order valence-electron chi connectivity index (χ1n) is 17.6. The van der Waals surface area contributed by atoms with Gasteiger partial charge < -0.3 is 13.9 Å². The third kappa shape index (κ3) is 12.7. The summed E-state index contributed by atoms with van der Waals surface area (Å²) in [6.45, 7) is 26.1. The van der Waals surface area contributed by atoms with Crippen molar-refractivity contribution in [2.24, 2.45) is 41.4 Å². The molecule has 0 N–H and O–H groups in total. The lowest BCUT2D eigenvalue weighted by Crippen LogP contribution is -2.66. The SMILES string of the molecule is COCOC[C@@H](C)C[C@@H](C)C[C@@H](C)C[C@H](C)C[C@@H](C)C[C@@H](C)C[C@@H](C)CO[Si](c1ccccc1)(c1ccccc1)C(C)(C)C. The second-order valence-electron chi connectivity index (χ2n) is 15.9. The Bertz CT molecular complexity index is 965. The Labute approximate surface area is 274 Å². The monoisotopic (exact) mass is 624 g/mol. The van der Waals surface area contributed by atoms with Gasteiger partial charge in [-0.2, -0.15) is 0 Å². The summed E-state index contributed by atoms with van der Waals surface area (Å²) in [5.74, 6) is 4.86. The van der Waals surface area contributed by atoms with Crippen LogP contribution in [0, 0.1) is 41.4 Å². The Kier molecular flexibility index (Phi) is 16.9. The summed E-state index contributed by atoms with van der Waals surface area (Å²) in [7, 11) is -0.787. The van der Waals surface area contributed by atoms with Crippen molar-refractivity contribution in [1.29, 1.82) is 0 Å². The van der Waals surface area contributed by atoms with Gasteiger partial charge in [-0.05, 0) is 95.4 Å². The predicted molar refractivity (Wildman–Crippen MR) is 193 cm³/mol. The molecule has 0 aliphatic carbocycles. The second kappa shape index (κ2) is 19.3. The normalized spacial score (nSPS) is 17.4. The Morgan fingerprint density at radius 3 is 1.20 bits per heavy atom. The number of methoxy groups -OCH3 is 1. The van der Waals surface area contributed by atoms with E-state index >= 15 is 0 Å². The van der Waals surface area contributed by atoms with Crippen LogP contribution in [0.4, 0.5) is 0 Å². The van der Waals surface area contributed by atoms with Crippen molar-refractivity contribution in [3.05, 3.63) is 60.7 Å². The van der Waals surface area contributed by atoms with E-state index < -0.39 is 8.32 Å². The fourth-order valence-electron chi connectivity index (χ4n) is 8.10. The highest BCUT2D eigenvalue weighted by molar-refractivity contribution is 6.99. The summed E-state index contributed by atoms with van der Waals surface area (Å²) in [5, 5.41) is 2.77. The predicted octanol–water partition coefficient (Wildman–Crippen LogP) is 9.98. The maximum Gasteiger partial charge on any atom is 0.261 e. The summed E-state index contributed by atoms with van der Waals surface area (Å²) in [6, 6.07) is 22.1. The Hall–Kier alpha value is -1.46. The van der Waals surface area contributed by atoms with Crippen LogP contribution in [0.5, 0.6) is 0 Å². The maximum absolute atomic E-state index is 7.25. The van der Waals surface area contributed by atoms with E-state index in [9.17, 15) is 0 Å². The molecule has 4 heteroatoms. The minimum absolute atomic E-state index is 0.0252. The smallest absolute Gasteiger partial charge is 0.261 e. The van der Waals surface area contributed by atoms with Gasteiger partial charge in [-0.25, -0.2) is 0 Å². The first-order valence-corrected chi connectivity index (χ1v) is 19.5. The molecule has 2 aromatic carbocycles. The third-order valence-electron chi connectivity index (χ3n) is 9.43. The molecule has 2 rings (SSSR count). The van der Waals surface area contributed by atoms with Crippen molar-refractivity contribution in [1.82, 2.24) is 0 Å². The number of hydrogen-bond acceptors (Lipinski definition) is 3. The van der Waals surface area contributed by atoms with Crippen LogP contribution >= 0.6 is 0 Å². The van der Waals surface area contributed by atoms with Crippen LogP contribution in [0.3, 0.4) is 0 Å². The Morgan fingerprint density at radius 2 is 0.864 bits per heavy atom. The molecule has 0 heterocycles. The van der Waals surface area contributed by atoms with E-state index in [1.165, 1.54) is 48.9 Å². The average Bonchev–Trinajstić information content (AvgIpc) is 2.93. The minimum Gasteiger partial charge on any atom is -0.407 e. The summed E-state index contributed by atoms with van der Waals surface area (Å²) >= 11 is 0. The van der Waals surface area contributed by atoms with Gasteiger partial charge in [0, 0.05) is 13.7 Å². The van der Waals surface area contributed by atoms with Gasteiger partial charge in [-0.15, -0.1) is 0 Å². The van der Waals surface area contributed by atoms with Crippen LogP contribution in [0.1, 0.15) is 108 Å². The summed E-state index contributed by atoms with van der Waals surface area (Å²) in [5.41, 5.74) is 0. The molecule has 0 aliphatic rings. The highest BCUT2D eigenvalue weighted by Crippen LogP contribution is 2.37. The lowest BCUT2D eigenvalue weighted by Gasteiger charge is -2.43. The van der Waals surface area contributed by atoms with E-state index in [0.29, 0.717) is 24.5 Å². The fourth-order valence-corrected chi connectivity index (χ4v) is 12.8. The fraction of sp³-hybridized carbons (Fsp3) is 0.700. The van der Waals surface area contributed by atoms with E-state index in [2.05, 4.69) is 130 Å². The number of benzene rings is 2. The molecule has 250 valence electrons. The molecule has 0 aliphatic heterocycles. The molecular formula is C40H68O3Si. The summed E-state index contributed by atoms with van der Waals surface area (Å²) in [6.07, 6.45) is 7.73. The van der Waals surface area contributed by atoms with Gasteiger partial charge in [-0.1, -0.05) is 130 Å². The van der Waals surface area contributed by atoms with E-state index in [4.69, 9.17) is 13.9 Å². The molecule has 0 radical (unpaired) electrons. The van der Waals surface area contributed by atoms with E-state index in [0.717, 1.165) is 36.9 Å². The average molecular weight is 625 g/mol. The van der Waals surface area contributed by atoms with Crippen molar-refractivity contribution in [3.63, 3.8) is 0 Å². The molecule has 0 aromatic heterocycles. The second-order valence-corrected chi connectivity index (χ2v) is 20.2. The lowest BCUT2D eigenvalue weighted by molar-refractivity contribution is -0.0437. The topological polar surface area (TPSA) is 27.7 Å². The van der Waals surface area contributed by atoms with Crippen molar-refractivity contribution in [2.45, 2.75) is 113 Å². The third-order valence-corrected chi connectivity index (χ3v) is 14.4. The minimum atomic E-state index is -2.47. The molecule has 0 unspecified atom stereocenters. The first kappa shape index (κ1) is 38.7. The summed E-state index contributed by atoms with van der Waals surface area (Å²) < 4.78 is 17.8. The molecule has 0 amide bonds. The van der Waals surface area contributed by atoms with Gasteiger partial charge in [0.25, 0.3) is 8.32 Å². The summed E-state index contributed by atoms with van der Waals surface area (Å²) in [4.78, 5) is 0. The van der Waals surface area contributed by atoms with E-state index in [-0.39, 0.29) is 5.04 Å². The largest absolute Gasteiger partial charge is 0.407 e. The highest BCUT2D eigenvalue weighted by atomic mass is 28.4. The van der Waals surface area contributed by atoms with E-state index in [1.807, 2.05) is 0 Å². The zero-order chi connectivity index (χ0) is 32.8. The number of rotatable bonds is 21. The van der Waals surface area contributed by atoms with Gasteiger partial charge in [0.1, 0.15) is 6.79 Å². The van der Waals surface area contributed by atoms with Crippen LogP contribution in [0.15, 0.2) is 60.7 Å². The molecule has 3 nitrogen and oxygen atoms in total. The van der Waals surface area contributed by atoms with Crippen LogP contribution in [0.2, 0.25) is 5.04 Å². The Balaban J connectivity index is 1.87. The molecule has 0 fully saturated rings. The first-order chi connectivity index (χ1) is 20.8. The molecule has 0 saturated heterocycles. The van der Waals surface area contributed by atoms with Crippen LogP contribution in [-0.2, 0) is 13.9 Å². The molecular weight excluding hydrogens is 557 g/mol. The van der Waals surface area contributed by atoms with Crippen LogP contribution in [0.25, 0.3) is 0 Å². The Morgan fingerprint density at radius 1 is 0.523 bits per heavy atom. The quantitative estimate of drug-likeness (QED) is 0.0786. The zero-order valence-electron chi connectivity index (χ0n) is 30.4. The van der Waals surface area contributed by atoms with Crippen molar-refractivity contribution >= 4 is 18.7 Å². The number of hydrogen-bond donors (Lipinski definition) is 0. The standard InChI is InChI=1S/C40H68O3Si/c1-31(22-32(2)24-34(4)26-36(6)28-42-30-41-11)23-33(3)25-35(5)27-37(7)29-43-44(40(8,9)10,38-18-14-12-15-19-38)39-20-16-13-17-21-39/h12-21,31-37H,22-30H2,1-11H3/t31-,32-,33+,34-,35+,36-,37+/m0/s1. The van der Waals surface area contributed by atoms with Gasteiger partial charge in [0.05, 0.1) is 6.61 Å². The van der Waals surface area contributed by atoms with Crippen LogP contribution in [-0.4, -0.2) is 35.4 Å². The molecule has 44 heavy (non-hydrogen) atoms. The zero-order valence-corrected chi connectivity index (χ0v) is 31.4. The maximum atomic E-state index is 7.25. The van der Waals surface area contributed by atoms with Gasteiger partial charge in [-0.3, -0.25) is 0 Å². The van der Waals surface area contributed by atoms with Crippen molar-refractivity contribution < 1.29 is 13.9 Å². The van der Waals surface area contributed by atoms with Crippen LogP contribution < -0.4 is 10.4 Å².